The summed E-state index contributed by atoms with van der Waals surface area (Å²) in [4.78, 5) is 2.65. The average Bonchev–Trinajstić information content (AvgIpc) is 3.29. The second kappa shape index (κ2) is 11.6. The van der Waals surface area contributed by atoms with E-state index in [0.717, 1.165) is 18.4 Å². The third kappa shape index (κ3) is 6.56. The standard InChI is InChI=1S/C29H43NO2/c1-22-9-8-11-23(17-22)19-26(31)12-13-27-28-20-24(18-25(28)21-29(27)32)10-4-2-5-14-30-15-6-3-7-16-30/h8-9,11-13,17-18,25-29,31-32H,2-7,10,14-16,19-21H2,1H3/t25-,26+,27+,28-,29+/m0/s1. The third-order valence-electron chi connectivity index (χ3n) is 7.95. The molecule has 1 heterocycles. The zero-order valence-corrected chi connectivity index (χ0v) is 20.0. The highest BCUT2D eigenvalue weighted by atomic mass is 16.3. The predicted molar refractivity (Wildman–Crippen MR) is 133 cm³/mol. The van der Waals surface area contributed by atoms with Gasteiger partial charge in [-0.05, 0) is 88.9 Å². The fourth-order valence-corrected chi connectivity index (χ4v) is 6.24. The van der Waals surface area contributed by atoms with E-state index in [4.69, 9.17) is 0 Å². The Morgan fingerprint density at radius 1 is 1.12 bits per heavy atom. The van der Waals surface area contributed by atoms with Crippen LogP contribution in [-0.2, 0) is 6.42 Å². The average molecular weight is 438 g/mol. The lowest BCUT2D eigenvalue weighted by atomic mass is 9.88. The highest BCUT2D eigenvalue weighted by molar-refractivity contribution is 5.24. The van der Waals surface area contributed by atoms with Crippen molar-refractivity contribution in [2.75, 3.05) is 19.6 Å². The van der Waals surface area contributed by atoms with Crippen molar-refractivity contribution in [3.05, 3.63) is 59.2 Å². The van der Waals surface area contributed by atoms with Crippen molar-refractivity contribution < 1.29 is 10.2 Å². The molecule has 0 unspecified atom stereocenters. The van der Waals surface area contributed by atoms with Crippen LogP contribution < -0.4 is 0 Å². The second-order valence-electron chi connectivity index (χ2n) is 10.6. The minimum absolute atomic E-state index is 0.181. The molecule has 32 heavy (non-hydrogen) atoms. The van der Waals surface area contributed by atoms with E-state index in [-0.39, 0.29) is 12.0 Å². The van der Waals surface area contributed by atoms with Gasteiger partial charge in [-0.15, -0.1) is 0 Å². The van der Waals surface area contributed by atoms with Crippen LogP contribution in [0.3, 0.4) is 0 Å². The van der Waals surface area contributed by atoms with Gasteiger partial charge in [0, 0.05) is 12.3 Å². The predicted octanol–water partition coefficient (Wildman–Crippen LogP) is 5.44. The van der Waals surface area contributed by atoms with Gasteiger partial charge in [-0.2, -0.15) is 0 Å². The normalized spacial score (nSPS) is 29.4. The molecule has 5 atom stereocenters. The van der Waals surface area contributed by atoms with Crippen molar-refractivity contribution in [3.63, 3.8) is 0 Å². The van der Waals surface area contributed by atoms with Crippen LogP contribution in [0, 0.1) is 24.7 Å². The number of unbranched alkanes of at least 4 members (excludes halogenated alkanes) is 2. The van der Waals surface area contributed by atoms with Gasteiger partial charge in [-0.1, -0.05) is 66.5 Å². The highest BCUT2D eigenvalue weighted by Crippen LogP contribution is 2.48. The lowest BCUT2D eigenvalue weighted by Crippen LogP contribution is -2.30. The maximum atomic E-state index is 10.6. The van der Waals surface area contributed by atoms with E-state index in [0.29, 0.717) is 18.3 Å². The van der Waals surface area contributed by atoms with Crippen LogP contribution in [0.25, 0.3) is 0 Å². The molecule has 1 aromatic carbocycles. The molecule has 1 aromatic rings. The number of allylic oxidation sites excluding steroid dienone is 2. The molecule has 1 saturated carbocycles. The minimum atomic E-state index is -0.489. The van der Waals surface area contributed by atoms with Crippen molar-refractivity contribution in [1.29, 1.82) is 0 Å². The lowest BCUT2D eigenvalue weighted by Gasteiger charge is -2.26. The Morgan fingerprint density at radius 2 is 1.97 bits per heavy atom. The van der Waals surface area contributed by atoms with Crippen molar-refractivity contribution in [1.82, 2.24) is 4.90 Å². The molecule has 0 spiro atoms. The lowest BCUT2D eigenvalue weighted by molar-refractivity contribution is 0.140. The first-order valence-electron chi connectivity index (χ1n) is 13.1. The van der Waals surface area contributed by atoms with Gasteiger partial charge in [-0.25, -0.2) is 0 Å². The quantitative estimate of drug-likeness (QED) is 0.378. The molecular formula is C29H43NO2. The molecule has 0 bridgehead atoms. The molecule has 176 valence electrons. The molecule has 1 saturated heterocycles. The van der Waals surface area contributed by atoms with Gasteiger partial charge in [0.2, 0.25) is 0 Å². The van der Waals surface area contributed by atoms with E-state index in [2.05, 4.69) is 42.2 Å². The van der Waals surface area contributed by atoms with Crippen molar-refractivity contribution in [2.45, 2.75) is 83.3 Å². The number of piperidine rings is 1. The zero-order chi connectivity index (χ0) is 22.3. The minimum Gasteiger partial charge on any atom is -0.392 e. The summed E-state index contributed by atoms with van der Waals surface area (Å²) >= 11 is 0. The first kappa shape index (κ1) is 23.7. The smallest absolute Gasteiger partial charge is 0.0761 e. The van der Waals surface area contributed by atoms with E-state index in [1.165, 1.54) is 70.1 Å². The summed E-state index contributed by atoms with van der Waals surface area (Å²) < 4.78 is 0. The van der Waals surface area contributed by atoms with E-state index in [9.17, 15) is 10.2 Å². The van der Waals surface area contributed by atoms with Crippen LogP contribution in [0.2, 0.25) is 0 Å². The molecule has 2 aliphatic carbocycles. The summed E-state index contributed by atoms with van der Waals surface area (Å²) in [6, 6.07) is 8.34. The van der Waals surface area contributed by atoms with Gasteiger partial charge in [0.15, 0.2) is 0 Å². The third-order valence-corrected chi connectivity index (χ3v) is 7.95. The Hall–Kier alpha value is -1.42. The molecule has 2 N–H and O–H groups in total. The van der Waals surface area contributed by atoms with Crippen LogP contribution >= 0.6 is 0 Å². The SMILES string of the molecule is Cc1cccc(C[C@H](O)C=C[C@@H]2[C@H]3CC(CCCCCN4CCCCC4)=C[C@H]3C[C@H]2O)c1. The molecule has 1 aliphatic heterocycles. The number of aryl methyl sites for hydroxylation is 1. The van der Waals surface area contributed by atoms with Crippen molar-refractivity contribution in [3.8, 4) is 0 Å². The number of nitrogens with zero attached hydrogens (tertiary/aromatic N) is 1. The molecule has 0 radical (unpaired) electrons. The molecule has 0 amide bonds. The number of rotatable bonds is 10. The molecule has 3 aliphatic rings. The molecule has 4 rings (SSSR count). The Morgan fingerprint density at radius 3 is 2.78 bits per heavy atom. The van der Waals surface area contributed by atoms with Gasteiger partial charge in [0.25, 0.3) is 0 Å². The number of aliphatic hydroxyl groups excluding tert-OH is 2. The number of benzene rings is 1. The monoisotopic (exact) mass is 437 g/mol. The number of fused-ring (bicyclic) bond motifs is 1. The Kier molecular flexibility index (Phi) is 8.62. The number of hydrogen-bond donors (Lipinski definition) is 2. The Bertz CT molecular complexity index is 779. The fourth-order valence-electron chi connectivity index (χ4n) is 6.24. The van der Waals surface area contributed by atoms with Gasteiger partial charge in [-0.3, -0.25) is 0 Å². The topological polar surface area (TPSA) is 43.7 Å². The molecule has 2 fully saturated rings. The Balaban J connectivity index is 1.19. The number of aliphatic hydroxyl groups is 2. The van der Waals surface area contributed by atoms with E-state index >= 15 is 0 Å². The highest BCUT2D eigenvalue weighted by Gasteiger charge is 2.43. The summed E-state index contributed by atoms with van der Waals surface area (Å²) in [7, 11) is 0. The van der Waals surface area contributed by atoms with Gasteiger partial charge >= 0.3 is 0 Å². The molecule has 0 aromatic heterocycles. The summed E-state index contributed by atoms with van der Waals surface area (Å²) in [5.74, 6) is 1.23. The van der Waals surface area contributed by atoms with E-state index < -0.39 is 6.10 Å². The summed E-state index contributed by atoms with van der Waals surface area (Å²) in [5, 5.41) is 21.1. The van der Waals surface area contributed by atoms with Crippen LogP contribution in [0.1, 0.15) is 68.9 Å². The second-order valence-corrected chi connectivity index (χ2v) is 10.6. The van der Waals surface area contributed by atoms with Crippen LogP contribution in [0.5, 0.6) is 0 Å². The number of hydrogen-bond acceptors (Lipinski definition) is 3. The van der Waals surface area contributed by atoms with Crippen LogP contribution in [0.15, 0.2) is 48.1 Å². The van der Waals surface area contributed by atoms with Gasteiger partial charge < -0.3 is 15.1 Å². The van der Waals surface area contributed by atoms with Crippen molar-refractivity contribution in [2.24, 2.45) is 17.8 Å². The van der Waals surface area contributed by atoms with Crippen molar-refractivity contribution >= 4 is 0 Å². The van der Waals surface area contributed by atoms with Gasteiger partial charge in [0.05, 0.1) is 12.2 Å². The summed E-state index contributed by atoms with van der Waals surface area (Å²) in [6.07, 6.45) is 17.8. The molecule has 3 nitrogen and oxygen atoms in total. The molecule has 3 heteroatoms. The first-order valence-corrected chi connectivity index (χ1v) is 13.1. The van der Waals surface area contributed by atoms with Gasteiger partial charge in [0.1, 0.15) is 0 Å². The van der Waals surface area contributed by atoms with Crippen LogP contribution in [-0.4, -0.2) is 47.0 Å². The Labute approximate surface area is 195 Å². The maximum Gasteiger partial charge on any atom is 0.0761 e. The largest absolute Gasteiger partial charge is 0.392 e. The zero-order valence-electron chi connectivity index (χ0n) is 20.0. The number of likely N-dealkylation sites (tertiary alicyclic amines) is 1. The van der Waals surface area contributed by atoms with E-state index in [1.54, 1.807) is 5.57 Å². The fraction of sp³-hybridized carbons (Fsp3) is 0.655. The van der Waals surface area contributed by atoms with Crippen LogP contribution in [0.4, 0.5) is 0 Å². The summed E-state index contributed by atoms with van der Waals surface area (Å²) in [5.41, 5.74) is 4.00. The van der Waals surface area contributed by atoms with E-state index in [1.807, 2.05) is 12.1 Å². The summed E-state index contributed by atoms with van der Waals surface area (Å²) in [6.45, 7) is 5.99. The molecular weight excluding hydrogens is 394 g/mol. The maximum absolute atomic E-state index is 10.6. The first-order chi connectivity index (χ1) is 15.6.